The van der Waals surface area contributed by atoms with E-state index in [2.05, 4.69) is 10.3 Å². The van der Waals surface area contributed by atoms with Crippen LogP contribution in [0.1, 0.15) is 35.9 Å². The summed E-state index contributed by atoms with van der Waals surface area (Å²) in [5, 5.41) is 33.1. The van der Waals surface area contributed by atoms with E-state index in [0.29, 0.717) is 50.9 Å². The summed E-state index contributed by atoms with van der Waals surface area (Å²) in [6.07, 6.45) is -1.65. The topological polar surface area (TPSA) is 160 Å². The molecule has 0 radical (unpaired) electrons. The van der Waals surface area contributed by atoms with Crippen LogP contribution in [0.2, 0.25) is 0 Å². The molecule has 45 heavy (non-hydrogen) atoms. The molecule has 1 fully saturated rings. The first-order valence-corrected chi connectivity index (χ1v) is 15.8. The third-order valence-electron chi connectivity index (χ3n) is 7.22. The molecule has 2 aromatic carbocycles. The van der Waals surface area contributed by atoms with Gasteiger partial charge in [0.2, 0.25) is 5.91 Å². The second-order valence-corrected chi connectivity index (χ2v) is 11.4. The van der Waals surface area contributed by atoms with E-state index in [0.717, 1.165) is 21.7 Å². The van der Waals surface area contributed by atoms with Crippen LogP contribution < -0.4 is 10.1 Å². The number of aromatic nitrogens is 1. The molecule has 244 valence electrons. The first-order valence-electron chi connectivity index (χ1n) is 14.9. The molecule has 0 aliphatic carbocycles. The minimum Gasteiger partial charge on any atom is -0.491 e. The number of nitrogens with one attached hydrogen (secondary N) is 1. The molecule has 0 bridgehead atoms. The lowest BCUT2D eigenvalue weighted by Gasteiger charge is -2.29. The fourth-order valence-corrected chi connectivity index (χ4v) is 5.71. The van der Waals surface area contributed by atoms with Crippen LogP contribution in [0.4, 0.5) is 0 Å². The molecular weight excluding hydrogens is 602 g/mol. The normalized spacial score (nSPS) is 17.3. The van der Waals surface area contributed by atoms with Crippen molar-refractivity contribution >= 4 is 23.2 Å². The van der Waals surface area contributed by atoms with Crippen molar-refractivity contribution in [3.8, 4) is 16.2 Å². The summed E-state index contributed by atoms with van der Waals surface area (Å²) < 4.78 is 21.8. The van der Waals surface area contributed by atoms with Crippen LogP contribution in [-0.2, 0) is 30.3 Å². The zero-order valence-electron chi connectivity index (χ0n) is 25.3. The number of benzene rings is 2. The zero-order chi connectivity index (χ0) is 32.0. The van der Waals surface area contributed by atoms with Crippen molar-refractivity contribution < 1.29 is 43.9 Å². The summed E-state index contributed by atoms with van der Waals surface area (Å²) in [6, 6.07) is 14.3. The smallest absolute Gasteiger partial charge is 0.305 e. The van der Waals surface area contributed by atoms with E-state index in [9.17, 15) is 19.8 Å². The number of thiazole rings is 1. The number of aliphatic hydroxyl groups is 2. The number of aliphatic hydroxyl groups excluding tert-OH is 2. The number of aryl methyl sites for hydroxylation is 1. The van der Waals surface area contributed by atoms with Gasteiger partial charge in [-0.3, -0.25) is 14.5 Å². The second-order valence-electron chi connectivity index (χ2n) is 10.6. The van der Waals surface area contributed by atoms with Gasteiger partial charge in [0, 0.05) is 13.1 Å². The molecular formula is C32H41N3O9S. The maximum atomic E-state index is 13.2. The molecule has 1 saturated heterocycles. The molecule has 0 saturated carbocycles. The fourth-order valence-electron chi connectivity index (χ4n) is 4.90. The minimum atomic E-state index is -1.11. The van der Waals surface area contributed by atoms with Gasteiger partial charge in [-0.25, -0.2) is 4.98 Å². The lowest BCUT2D eigenvalue weighted by atomic mass is 10.1. The number of likely N-dealkylation sites (tertiary alicyclic amines) is 1. The van der Waals surface area contributed by atoms with Gasteiger partial charge in [-0.1, -0.05) is 36.4 Å². The molecule has 1 unspecified atom stereocenters. The Morgan fingerprint density at radius 2 is 1.71 bits per heavy atom. The molecule has 3 atom stereocenters. The van der Waals surface area contributed by atoms with Crippen molar-refractivity contribution in [1.82, 2.24) is 15.2 Å². The fraction of sp³-hybridized carbons (Fsp3) is 0.469. The van der Waals surface area contributed by atoms with Crippen LogP contribution in [0.5, 0.6) is 5.75 Å². The van der Waals surface area contributed by atoms with Gasteiger partial charge in [0.1, 0.15) is 18.6 Å². The first-order chi connectivity index (χ1) is 21.8. The maximum absolute atomic E-state index is 13.2. The summed E-state index contributed by atoms with van der Waals surface area (Å²) in [4.78, 5) is 30.6. The number of hydrogen-bond donors (Lipinski definition) is 4. The Labute approximate surface area is 266 Å². The highest BCUT2D eigenvalue weighted by Crippen LogP contribution is 2.30. The number of carbonyl (C=O) groups excluding carboxylic acids is 1. The Morgan fingerprint density at radius 1 is 1.02 bits per heavy atom. The van der Waals surface area contributed by atoms with Gasteiger partial charge in [-0.05, 0) is 42.2 Å². The van der Waals surface area contributed by atoms with Gasteiger partial charge in [0.05, 0.1) is 74.3 Å². The number of hydrogen-bond acceptors (Lipinski definition) is 11. The maximum Gasteiger partial charge on any atom is 0.305 e. The van der Waals surface area contributed by atoms with E-state index in [-0.39, 0.29) is 38.5 Å². The molecule has 1 amide bonds. The lowest BCUT2D eigenvalue weighted by Crippen LogP contribution is -2.44. The lowest BCUT2D eigenvalue weighted by molar-refractivity contribution is -0.138. The second kappa shape index (κ2) is 17.9. The van der Waals surface area contributed by atoms with Crippen molar-refractivity contribution in [2.24, 2.45) is 0 Å². The monoisotopic (exact) mass is 643 g/mol. The summed E-state index contributed by atoms with van der Waals surface area (Å²) in [5.41, 5.74) is 5.38. The van der Waals surface area contributed by atoms with Crippen LogP contribution in [0.3, 0.4) is 0 Å². The molecule has 4 rings (SSSR count). The summed E-state index contributed by atoms with van der Waals surface area (Å²) in [7, 11) is 0. The molecule has 0 spiro atoms. The number of carboxylic acid groups (broad SMARTS) is 1. The molecule has 4 N–H and O–H groups in total. The van der Waals surface area contributed by atoms with Gasteiger partial charge in [-0.2, -0.15) is 0 Å². The molecule has 1 aliphatic heterocycles. The third-order valence-corrected chi connectivity index (χ3v) is 8.20. The minimum absolute atomic E-state index is 0.0321. The number of β-amino-alcohol motifs (C(OH)–C–C–N with tert-alkyl or cyclic N) is 1. The number of amides is 1. The van der Waals surface area contributed by atoms with Gasteiger partial charge < -0.3 is 39.6 Å². The summed E-state index contributed by atoms with van der Waals surface area (Å²) >= 11 is 1.59. The number of ether oxygens (including phenoxy) is 4. The van der Waals surface area contributed by atoms with E-state index in [4.69, 9.17) is 24.1 Å². The van der Waals surface area contributed by atoms with Crippen molar-refractivity contribution in [1.29, 1.82) is 0 Å². The van der Waals surface area contributed by atoms with E-state index >= 15 is 0 Å². The summed E-state index contributed by atoms with van der Waals surface area (Å²) in [5.74, 6) is -0.610. The molecule has 12 nitrogen and oxygen atoms in total. The summed E-state index contributed by atoms with van der Waals surface area (Å²) in [6.45, 7) is 4.67. The Bertz CT molecular complexity index is 1350. The average Bonchev–Trinajstić information content (AvgIpc) is 3.65. The van der Waals surface area contributed by atoms with Crippen molar-refractivity contribution in [2.75, 3.05) is 52.8 Å². The SMILES string of the molecule is Cc1ncsc1-c1ccc(CNC(=O)[C@@H]2C[C@@H](O)CN2C(O)c2cccc(OCCOCCOCCOCCC(=O)O)c2)cc1. The largest absolute Gasteiger partial charge is 0.491 e. The van der Waals surface area contributed by atoms with E-state index in [1.165, 1.54) is 0 Å². The Balaban J connectivity index is 1.18. The van der Waals surface area contributed by atoms with Crippen LogP contribution >= 0.6 is 11.3 Å². The van der Waals surface area contributed by atoms with Gasteiger partial charge in [0.25, 0.3) is 0 Å². The van der Waals surface area contributed by atoms with Crippen LogP contribution in [-0.4, -0.2) is 102 Å². The molecule has 1 aliphatic rings. The number of carbonyl (C=O) groups is 2. The molecule has 13 heteroatoms. The Morgan fingerprint density at radius 3 is 2.38 bits per heavy atom. The number of nitrogens with zero attached hydrogens (tertiary/aromatic N) is 2. The quantitative estimate of drug-likeness (QED) is 0.142. The predicted octanol–water partition coefficient (Wildman–Crippen LogP) is 2.76. The van der Waals surface area contributed by atoms with Crippen LogP contribution in [0.15, 0.2) is 54.0 Å². The Hall–Kier alpha value is -3.43. The van der Waals surface area contributed by atoms with Crippen molar-refractivity contribution in [3.63, 3.8) is 0 Å². The highest BCUT2D eigenvalue weighted by Gasteiger charge is 2.39. The van der Waals surface area contributed by atoms with E-state index < -0.39 is 24.3 Å². The van der Waals surface area contributed by atoms with Crippen LogP contribution in [0.25, 0.3) is 10.4 Å². The number of aliphatic carboxylic acids is 1. The van der Waals surface area contributed by atoms with Gasteiger partial charge in [-0.15, -0.1) is 11.3 Å². The van der Waals surface area contributed by atoms with Gasteiger partial charge in [0.15, 0.2) is 0 Å². The first kappa shape index (κ1) is 34.4. The standard InChI is InChI=1S/C32H41N3O9S/c1-22-30(45-21-34-22)24-7-5-23(6-8-24)19-33-31(39)28-18-26(36)20-35(28)32(40)25-3-2-4-27(17-25)44-16-15-43-14-13-42-12-11-41-10-9-29(37)38/h2-8,17,21,26,28,32,36,40H,9-16,18-20H2,1H3,(H,33,39)(H,37,38)/t26-,28+,32?/m1/s1. The Kier molecular flexibility index (Phi) is 13.7. The number of rotatable bonds is 19. The highest BCUT2D eigenvalue weighted by atomic mass is 32.1. The highest BCUT2D eigenvalue weighted by molar-refractivity contribution is 7.13. The molecule has 3 aromatic rings. The van der Waals surface area contributed by atoms with Crippen molar-refractivity contribution in [3.05, 3.63) is 70.9 Å². The van der Waals surface area contributed by atoms with Gasteiger partial charge >= 0.3 is 5.97 Å². The number of carboxylic acids is 1. The van der Waals surface area contributed by atoms with E-state index in [1.807, 2.05) is 36.7 Å². The molecule has 2 heterocycles. The average molecular weight is 644 g/mol. The van der Waals surface area contributed by atoms with Crippen molar-refractivity contribution in [2.45, 2.75) is 44.7 Å². The third kappa shape index (κ3) is 10.9. The van der Waals surface area contributed by atoms with E-state index in [1.54, 1.807) is 40.5 Å². The molecule has 1 aromatic heterocycles. The predicted molar refractivity (Wildman–Crippen MR) is 167 cm³/mol. The zero-order valence-corrected chi connectivity index (χ0v) is 26.1. The van der Waals surface area contributed by atoms with Crippen LogP contribution in [0, 0.1) is 6.92 Å².